The number of rotatable bonds is 7. The van der Waals surface area contributed by atoms with E-state index in [0.717, 1.165) is 6.42 Å². The Balaban J connectivity index is 2.40. The summed E-state index contributed by atoms with van der Waals surface area (Å²) in [6, 6.07) is 6.81. The van der Waals surface area contributed by atoms with E-state index in [-0.39, 0.29) is 0 Å². The summed E-state index contributed by atoms with van der Waals surface area (Å²) in [4.78, 5) is 11.2. The maximum Gasteiger partial charge on any atom is 0.356 e. The summed E-state index contributed by atoms with van der Waals surface area (Å²) in [7, 11) is 0. The van der Waals surface area contributed by atoms with E-state index in [9.17, 15) is 4.79 Å². The number of unbranched alkanes of at least 4 members (excludes halogenated alkanes) is 3. The van der Waals surface area contributed by atoms with Crippen LogP contribution in [0.25, 0.3) is 0 Å². The molecule has 3 nitrogen and oxygen atoms in total. The molecule has 0 saturated carbocycles. The first-order valence-electron chi connectivity index (χ1n) is 5.83. The third-order valence-corrected chi connectivity index (χ3v) is 2.55. The largest absolute Gasteiger partial charge is 0.494 e. The molecule has 0 aromatic heterocycles. The number of hydrogen-bond donors (Lipinski definition) is 0. The fourth-order valence-corrected chi connectivity index (χ4v) is 1.57. The van der Waals surface area contributed by atoms with Crippen LogP contribution < -0.4 is 4.74 Å². The van der Waals surface area contributed by atoms with Crippen LogP contribution >= 0.6 is 11.9 Å². The lowest BCUT2D eigenvalue weighted by Crippen LogP contribution is -2.01. The van der Waals surface area contributed by atoms with Gasteiger partial charge in [-0.15, -0.1) is 0 Å². The summed E-state index contributed by atoms with van der Waals surface area (Å²) in [6.07, 6.45) is 4.62. The van der Waals surface area contributed by atoms with Crippen LogP contribution in [0.4, 0.5) is 0 Å². The Morgan fingerprint density at radius 3 is 2.82 bits per heavy atom. The van der Waals surface area contributed by atoms with Crippen LogP contribution in [0.5, 0.6) is 5.75 Å². The average Bonchev–Trinajstić information content (AvgIpc) is 2.38. The van der Waals surface area contributed by atoms with Crippen molar-refractivity contribution in [1.29, 1.82) is 0 Å². The van der Waals surface area contributed by atoms with E-state index in [1.807, 2.05) is 6.07 Å². The second-order valence-electron chi connectivity index (χ2n) is 3.80. The number of carbonyl (C=O) groups is 1. The van der Waals surface area contributed by atoms with Gasteiger partial charge in [-0.25, -0.2) is 4.79 Å². The molecule has 0 unspecified atom stereocenters. The molecule has 0 atom stereocenters. The zero-order chi connectivity index (χ0) is 12.5. The first-order valence-corrected chi connectivity index (χ1v) is 6.14. The molecule has 4 heteroatoms. The number of carbonyl (C=O) groups excluding carboxylic acids is 1. The minimum Gasteiger partial charge on any atom is -0.494 e. The molecule has 0 aliphatic carbocycles. The fourth-order valence-electron chi connectivity index (χ4n) is 1.48. The van der Waals surface area contributed by atoms with Crippen molar-refractivity contribution >= 4 is 17.8 Å². The molecule has 17 heavy (non-hydrogen) atoms. The van der Waals surface area contributed by atoms with Gasteiger partial charge in [-0.1, -0.05) is 32.3 Å². The Labute approximate surface area is 107 Å². The lowest BCUT2D eigenvalue weighted by Gasteiger charge is -2.06. The van der Waals surface area contributed by atoms with Crippen molar-refractivity contribution in [3.05, 3.63) is 29.8 Å². The minimum atomic E-state index is -0.567. The second kappa shape index (κ2) is 7.96. The van der Waals surface area contributed by atoms with Crippen LogP contribution in [-0.2, 0) is 4.29 Å². The van der Waals surface area contributed by atoms with Crippen molar-refractivity contribution in [2.75, 3.05) is 6.61 Å². The van der Waals surface area contributed by atoms with Gasteiger partial charge in [0.1, 0.15) is 17.6 Å². The van der Waals surface area contributed by atoms with Gasteiger partial charge >= 0.3 is 5.97 Å². The lowest BCUT2D eigenvalue weighted by atomic mass is 10.2. The standard InChI is InChI=1S/C13H17ClO3/c1-2-3-4-5-9-16-12-8-6-7-11(10-12)13(15)17-14/h6-8,10H,2-5,9H2,1H3. The Kier molecular flexibility index (Phi) is 6.48. The maximum atomic E-state index is 11.2. The summed E-state index contributed by atoms with van der Waals surface area (Å²) >= 11 is 5.01. The van der Waals surface area contributed by atoms with Gasteiger partial charge in [0.15, 0.2) is 0 Å². The van der Waals surface area contributed by atoms with Crippen molar-refractivity contribution in [3.63, 3.8) is 0 Å². The zero-order valence-corrected chi connectivity index (χ0v) is 10.7. The van der Waals surface area contributed by atoms with Crippen molar-refractivity contribution < 1.29 is 13.8 Å². The molecule has 0 radical (unpaired) electrons. The van der Waals surface area contributed by atoms with E-state index < -0.39 is 5.97 Å². The fraction of sp³-hybridized carbons (Fsp3) is 0.462. The number of halogens is 1. The van der Waals surface area contributed by atoms with Crippen molar-refractivity contribution in [2.24, 2.45) is 0 Å². The van der Waals surface area contributed by atoms with Gasteiger partial charge < -0.3 is 9.03 Å². The highest BCUT2D eigenvalue weighted by Crippen LogP contribution is 2.15. The zero-order valence-electron chi connectivity index (χ0n) is 9.95. The van der Waals surface area contributed by atoms with Crippen molar-refractivity contribution in [1.82, 2.24) is 0 Å². The van der Waals surface area contributed by atoms with E-state index in [2.05, 4.69) is 11.2 Å². The summed E-state index contributed by atoms with van der Waals surface area (Å²) in [5.74, 6) is 0.101. The van der Waals surface area contributed by atoms with E-state index in [4.69, 9.17) is 16.6 Å². The van der Waals surface area contributed by atoms with Crippen molar-refractivity contribution in [3.8, 4) is 5.75 Å². The lowest BCUT2D eigenvalue weighted by molar-refractivity contribution is 0.0751. The molecule has 0 fully saturated rings. The third kappa shape index (κ3) is 5.09. The van der Waals surface area contributed by atoms with Gasteiger partial charge in [0.2, 0.25) is 0 Å². The predicted octanol–water partition coefficient (Wildman–Crippen LogP) is 3.96. The molecule has 0 bridgehead atoms. The monoisotopic (exact) mass is 256 g/mol. The van der Waals surface area contributed by atoms with Crippen LogP contribution in [-0.4, -0.2) is 12.6 Å². The van der Waals surface area contributed by atoms with Gasteiger partial charge in [0.25, 0.3) is 0 Å². The Hall–Kier alpha value is -1.22. The Morgan fingerprint density at radius 1 is 1.29 bits per heavy atom. The van der Waals surface area contributed by atoms with E-state index in [1.165, 1.54) is 19.3 Å². The smallest absolute Gasteiger partial charge is 0.356 e. The highest BCUT2D eigenvalue weighted by Gasteiger charge is 2.07. The van der Waals surface area contributed by atoms with Crippen LogP contribution in [0.15, 0.2) is 24.3 Å². The summed E-state index contributed by atoms with van der Waals surface area (Å²) < 4.78 is 9.66. The summed E-state index contributed by atoms with van der Waals surface area (Å²) in [5, 5.41) is 0. The molecule has 0 amide bonds. The van der Waals surface area contributed by atoms with Crippen LogP contribution in [0.1, 0.15) is 43.0 Å². The summed E-state index contributed by atoms with van der Waals surface area (Å²) in [6.45, 7) is 2.83. The normalized spacial score (nSPS) is 10.0. The molecule has 0 aliphatic rings. The predicted molar refractivity (Wildman–Crippen MR) is 67.3 cm³/mol. The highest BCUT2D eigenvalue weighted by atomic mass is 35.5. The molecule has 0 N–H and O–H groups in total. The van der Waals surface area contributed by atoms with Gasteiger partial charge in [0.05, 0.1) is 12.2 Å². The molecular formula is C13H17ClO3. The van der Waals surface area contributed by atoms with Gasteiger partial charge in [-0.3, -0.25) is 0 Å². The number of hydrogen-bond acceptors (Lipinski definition) is 3. The number of ether oxygens (including phenoxy) is 1. The van der Waals surface area contributed by atoms with Crippen LogP contribution in [0.2, 0.25) is 0 Å². The molecular weight excluding hydrogens is 240 g/mol. The van der Waals surface area contributed by atoms with Gasteiger partial charge in [-0.05, 0) is 24.6 Å². The molecule has 1 rings (SSSR count). The average molecular weight is 257 g/mol. The van der Waals surface area contributed by atoms with Gasteiger partial charge in [-0.2, -0.15) is 0 Å². The second-order valence-corrected chi connectivity index (χ2v) is 3.96. The molecule has 1 aromatic carbocycles. The minimum absolute atomic E-state index is 0.394. The topological polar surface area (TPSA) is 35.5 Å². The third-order valence-electron chi connectivity index (χ3n) is 2.41. The first kappa shape index (κ1) is 13.8. The molecule has 94 valence electrons. The molecule has 1 aromatic rings. The van der Waals surface area contributed by atoms with Crippen LogP contribution in [0, 0.1) is 0 Å². The summed E-state index contributed by atoms with van der Waals surface area (Å²) in [5.41, 5.74) is 0.394. The molecule has 0 saturated heterocycles. The van der Waals surface area contributed by atoms with E-state index >= 15 is 0 Å². The molecule has 0 heterocycles. The molecule has 0 spiro atoms. The highest BCUT2D eigenvalue weighted by molar-refractivity contribution is 6.15. The molecule has 0 aliphatic heterocycles. The van der Waals surface area contributed by atoms with Gasteiger partial charge in [0, 0.05) is 0 Å². The first-order chi connectivity index (χ1) is 8.27. The van der Waals surface area contributed by atoms with E-state index in [1.54, 1.807) is 18.2 Å². The quantitative estimate of drug-likeness (QED) is 0.693. The van der Waals surface area contributed by atoms with E-state index in [0.29, 0.717) is 17.9 Å². The maximum absolute atomic E-state index is 11.2. The SMILES string of the molecule is CCCCCCOc1cccc(C(=O)OCl)c1. The van der Waals surface area contributed by atoms with Crippen LogP contribution in [0.3, 0.4) is 0 Å². The number of benzene rings is 1. The Bertz CT molecular complexity index is 352. The Morgan fingerprint density at radius 2 is 2.12 bits per heavy atom. The van der Waals surface area contributed by atoms with Crippen molar-refractivity contribution in [2.45, 2.75) is 32.6 Å².